The first kappa shape index (κ1) is 26.7. The Hall–Kier alpha value is -3.38. The van der Waals surface area contributed by atoms with Crippen molar-refractivity contribution in [3.05, 3.63) is 57.3 Å². The van der Waals surface area contributed by atoms with Crippen molar-refractivity contribution in [1.82, 2.24) is 25.9 Å². The van der Waals surface area contributed by atoms with Crippen LogP contribution in [-0.2, 0) is 4.79 Å². The molecule has 196 valence electrons. The normalized spacial score (nSPS) is 14.8. The predicted molar refractivity (Wildman–Crippen MR) is 126 cm³/mol. The van der Waals surface area contributed by atoms with Gasteiger partial charge in [-0.2, -0.15) is 0 Å². The number of ether oxygens (including phenoxy) is 1. The third-order valence-corrected chi connectivity index (χ3v) is 6.20. The maximum atomic E-state index is 15.1. The van der Waals surface area contributed by atoms with E-state index in [4.69, 9.17) is 27.9 Å². The molecule has 0 saturated heterocycles. The number of hydrogen-bond donors (Lipinski definition) is 2. The second-order valence-corrected chi connectivity index (χ2v) is 9.33. The first-order valence-electron chi connectivity index (χ1n) is 11.0. The lowest BCUT2D eigenvalue weighted by Crippen LogP contribution is -2.49. The molecule has 1 aromatic carbocycles. The zero-order valence-corrected chi connectivity index (χ0v) is 21.0. The summed E-state index contributed by atoms with van der Waals surface area (Å²) in [5.41, 5.74) is -0.660. The molecule has 1 aliphatic carbocycles. The second kappa shape index (κ2) is 10.5. The summed E-state index contributed by atoms with van der Waals surface area (Å²) in [5, 5.41) is 12.5. The van der Waals surface area contributed by atoms with Crippen molar-refractivity contribution >= 4 is 35.0 Å². The van der Waals surface area contributed by atoms with Gasteiger partial charge in [-0.05, 0) is 50.0 Å². The summed E-state index contributed by atoms with van der Waals surface area (Å²) in [5.74, 6) is -2.00. The number of benzene rings is 1. The van der Waals surface area contributed by atoms with Gasteiger partial charge in [0.15, 0.2) is 5.69 Å². The van der Waals surface area contributed by atoms with Gasteiger partial charge < -0.3 is 15.4 Å². The van der Waals surface area contributed by atoms with Gasteiger partial charge in [0.1, 0.15) is 29.4 Å². The molecule has 0 aliphatic heterocycles. The maximum absolute atomic E-state index is 15.1. The summed E-state index contributed by atoms with van der Waals surface area (Å²) in [7, 11) is 0. The maximum Gasteiger partial charge on any atom is 0.276 e. The molecule has 1 saturated carbocycles. The molecule has 1 fully saturated rings. The van der Waals surface area contributed by atoms with Gasteiger partial charge in [-0.1, -0.05) is 28.4 Å². The van der Waals surface area contributed by atoms with E-state index >= 15 is 4.39 Å². The average Bonchev–Trinajstić information content (AvgIpc) is 3.48. The predicted octanol–water partition coefficient (Wildman–Crippen LogP) is 4.67. The van der Waals surface area contributed by atoms with Crippen LogP contribution in [0.25, 0.3) is 11.1 Å². The number of aromatic nitrogens is 3. The first-order valence-corrected chi connectivity index (χ1v) is 11.7. The van der Waals surface area contributed by atoms with Crippen molar-refractivity contribution in [3.8, 4) is 16.9 Å². The highest BCUT2D eigenvalue weighted by Gasteiger charge is 2.52. The zero-order chi connectivity index (χ0) is 26.9. The van der Waals surface area contributed by atoms with Crippen molar-refractivity contribution in [3.63, 3.8) is 0 Å². The fourth-order valence-electron chi connectivity index (χ4n) is 3.63. The molecule has 2 aromatic heterocycles. The van der Waals surface area contributed by atoms with Gasteiger partial charge in [-0.25, -0.2) is 17.8 Å². The highest BCUT2D eigenvalue weighted by molar-refractivity contribution is 6.36. The van der Waals surface area contributed by atoms with Gasteiger partial charge in [-0.3, -0.25) is 14.6 Å². The van der Waals surface area contributed by atoms with Crippen molar-refractivity contribution < 1.29 is 32.1 Å². The molecule has 0 bridgehead atoms. The third-order valence-electron chi connectivity index (χ3n) is 5.71. The molecule has 2 N–H and O–H groups in total. The van der Waals surface area contributed by atoms with E-state index in [0.29, 0.717) is 12.8 Å². The highest BCUT2D eigenvalue weighted by atomic mass is 35.5. The van der Waals surface area contributed by atoms with Gasteiger partial charge >= 0.3 is 0 Å². The SMILES string of the molecule is Cc1nonc1C(=O)NC1(C(=O)N[C@H](C)c2ncc(-c3cc(Cl)cc(Cl)c3OCC(F)F)cc2F)CC1. The Morgan fingerprint density at radius 1 is 1.22 bits per heavy atom. The number of carbonyl (C=O) groups is 2. The van der Waals surface area contributed by atoms with E-state index in [1.54, 1.807) is 0 Å². The van der Waals surface area contributed by atoms with Crippen LogP contribution in [0, 0.1) is 12.7 Å². The van der Waals surface area contributed by atoms with Crippen molar-refractivity contribution in [2.75, 3.05) is 6.61 Å². The number of amides is 2. The molecule has 0 spiro atoms. The van der Waals surface area contributed by atoms with Crippen LogP contribution in [0.1, 0.15) is 47.7 Å². The molecule has 1 aliphatic rings. The van der Waals surface area contributed by atoms with Crippen molar-refractivity contribution in [2.45, 2.75) is 44.7 Å². The lowest BCUT2D eigenvalue weighted by molar-refractivity contribution is -0.124. The van der Waals surface area contributed by atoms with E-state index in [-0.39, 0.29) is 44.0 Å². The highest BCUT2D eigenvalue weighted by Crippen LogP contribution is 2.40. The van der Waals surface area contributed by atoms with E-state index < -0.39 is 42.2 Å². The van der Waals surface area contributed by atoms with Crippen LogP contribution >= 0.6 is 23.2 Å². The molecule has 9 nitrogen and oxygen atoms in total. The summed E-state index contributed by atoms with van der Waals surface area (Å²) in [6.07, 6.45) is -0.703. The zero-order valence-electron chi connectivity index (χ0n) is 19.4. The van der Waals surface area contributed by atoms with E-state index in [9.17, 15) is 18.4 Å². The fourth-order valence-corrected chi connectivity index (χ4v) is 4.18. The minimum Gasteiger partial charge on any atom is -0.485 e. The Kier molecular flexibility index (Phi) is 7.60. The minimum atomic E-state index is -2.75. The topological polar surface area (TPSA) is 119 Å². The van der Waals surface area contributed by atoms with E-state index in [1.807, 2.05) is 0 Å². The Labute approximate surface area is 218 Å². The number of nitrogens with zero attached hydrogens (tertiary/aromatic N) is 3. The molecule has 2 heterocycles. The lowest BCUT2D eigenvalue weighted by atomic mass is 10.0. The van der Waals surface area contributed by atoms with Crippen molar-refractivity contribution in [1.29, 1.82) is 0 Å². The molecule has 0 radical (unpaired) electrons. The summed E-state index contributed by atoms with van der Waals surface area (Å²) in [6.45, 7) is 2.15. The lowest BCUT2D eigenvalue weighted by Gasteiger charge is -2.21. The van der Waals surface area contributed by atoms with Crippen LogP contribution in [0.2, 0.25) is 10.0 Å². The monoisotopic (exact) mass is 557 g/mol. The Bertz CT molecular complexity index is 1350. The number of carbonyl (C=O) groups excluding carboxylic acids is 2. The Morgan fingerprint density at radius 2 is 1.95 bits per heavy atom. The third kappa shape index (κ3) is 5.80. The number of hydrogen-bond acceptors (Lipinski definition) is 7. The van der Waals surface area contributed by atoms with Crippen LogP contribution in [0.3, 0.4) is 0 Å². The standard InChI is InChI=1S/C23H20Cl2F3N5O4/c1-10(30-22(35)23(3-4-23)31-21(34)19-11(2)32-37-33-19)18-16(26)5-12(8-29-18)14-6-13(24)7-15(25)20(14)36-9-17(27)28/h5-8,10,17H,3-4,9H2,1-2H3,(H,30,35)(H,31,34)/t10-/m1/s1. The van der Waals surface area contributed by atoms with Crippen LogP contribution in [0.15, 0.2) is 29.0 Å². The number of nitrogens with one attached hydrogen (secondary N) is 2. The number of alkyl halides is 2. The second-order valence-electron chi connectivity index (χ2n) is 8.49. The van der Waals surface area contributed by atoms with Gasteiger partial charge in [0.2, 0.25) is 5.91 Å². The van der Waals surface area contributed by atoms with Crippen molar-refractivity contribution in [2.24, 2.45) is 0 Å². The van der Waals surface area contributed by atoms with Crippen LogP contribution in [0.4, 0.5) is 13.2 Å². The summed E-state index contributed by atoms with van der Waals surface area (Å²) >= 11 is 12.2. The molecule has 3 aromatic rings. The molecular weight excluding hydrogens is 538 g/mol. The van der Waals surface area contributed by atoms with Gasteiger partial charge in [0, 0.05) is 22.3 Å². The average molecular weight is 558 g/mol. The molecule has 37 heavy (non-hydrogen) atoms. The van der Waals surface area contributed by atoms with Gasteiger partial charge in [0.05, 0.1) is 16.8 Å². The van der Waals surface area contributed by atoms with E-state index in [2.05, 4.69) is 30.6 Å². The first-order chi connectivity index (χ1) is 17.5. The Morgan fingerprint density at radius 3 is 2.54 bits per heavy atom. The molecule has 2 amide bonds. The molecule has 0 unspecified atom stereocenters. The number of aryl methyl sites for hydroxylation is 1. The largest absolute Gasteiger partial charge is 0.485 e. The fraction of sp³-hybridized carbons (Fsp3) is 0.348. The summed E-state index contributed by atoms with van der Waals surface area (Å²) in [6, 6.07) is 2.94. The van der Waals surface area contributed by atoms with Crippen LogP contribution in [0.5, 0.6) is 5.75 Å². The molecule has 14 heteroatoms. The molecular formula is C23H20Cl2F3N5O4. The van der Waals surface area contributed by atoms with Gasteiger partial charge in [-0.15, -0.1) is 0 Å². The smallest absolute Gasteiger partial charge is 0.276 e. The molecule has 4 rings (SSSR count). The summed E-state index contributed by atoms with van der Waals surface area (Å²) in [4.78, 5) is 29.5. The quantitative estimate of drug-likeness (QED) is 0.392. The summed E-state index contributed by atoms with van der Waals surface area (Å²) < 4.78 is 50.1. The van der Waals surface area contributed by atoms with Gasteiger partial charge in [0.25, 0.3) is 12.3 Å². The van der Waals surface area contributed by atoms with E-state index in [1.165, 1.54) is 32.2 Å². The number of rotatable bonds is 9. The minimum absolute atomic E-state index is 0.0263. The van der Waals surface area contributed by atoms with Crippen LogP contribution < -0.4 is 15.4 Å². The Balaban J connectivity index is 1.50. The molecule has 1 atom stereocenters. The number of halogens is 5. The van der Waals surface area contributed by atoms with E-state index in [0.717, 1.165) is 6.07 Å². The number of pyridine rings is 1. The van der Waals surface area contributed by atoms with Crippen LogP contribution in [-0.4, -0.2) is 45.7 Å².